The summed E-state index contributed by atoms with van der Waals surface area (Å²) in [6, 6.07) is 16.0. The van der Waals surface area contributed by atoms with Gasteiger partial charge in [0.15, 0.2) is 0 Å². The molecule has 2 aromatic rings. The fourth-order valence-corrected chi connectivity index (χ4v) is 6.84. The van der Waals surface area contributed by atoms with Crippen molar-refractivity contribution in [2.45, 2.75) is 75.4 Å². The van der Waals surface area contributed by atoms with Crippen LogP contribution in [-0.2, 0) is 14.4 Å². The van der Waals surface area contributed by atoms with Crippen molar-refractivity contribution in [2.75, 3.05) is 4.90 Å². The minimum absolute atomic E-state index is 0.00607. The zero-order valence-corrected chi connectivity index (χ0v) is 20.9. The molecule has 4 aliphatic rings. The summed E-state index contributed by atoms with van der Waals surface area (Å²) in [6.07, 6.45) is 5.45. The second-order valence-electron chi connectivity index (χ2n) is 10.8. The molecule has 0 aromatic heterocycles. The summed E-state index contributed by atoms with van der Waals surface area (Å²) in [7, 11) is 0. The van der Waals surface area contributed by atoms with Gasteiger partial charge in [0, 0.05) is 35.4 Å². The fraction of sp³-hybridized carbons (Fsp3) is 0.483. The molecule has 2 aromatic carbocycles. The highest BCUT2D eigenvalue weighted by atomic mass is 35.5. The summed E-state index contributed by atoms with van der Waals surface area (Å²) < 4.78 is 0. The Morgan fingerprint density at radius 2 is 1.78 bits per heavy atom. The third-order valence-corrected chi connectivity index (χ3v) is 8.73. The highest BCUT2D eigenvalue weighted by Crippen LogP contribution is 2.56. The van der Waals surface area contributed by atoms with E-state index < -0.39 is 5.97 Å². The van der Waals surface area contributed by atoms with Gasteiger partial charge in [-0.05, 0) is 61.3 Å². The molecule has 1 aliphatic heterocycles. The maximum absolute atomic E-state index is 14.0. The van der Waals surface area contributed by atoms with Gasteiger partial charge in [-0.15, -0.1) is 0 Å². The summed E-state index contributed by atoms with van der Waals surface area (Å²) in [5, 5.41) is 9.75. The molecule has 5 atom stereocenters. The highest BCUT2D eigenvalue weighted by molar-refractivity contribution is 6.31. The molecule has 7 heteroatoms. The molecule has 3 aliphatic carbocycles. The van der Waals surface area contributed by atoms with E-state index in [1.54, 1.807) is 0 Å². The molecule has 0 spiro atoms. The van der Waals surface area contributed by atoms with Gasteiger partial charge >= 0.3 is 5.97 Å². The largest absolute Gasteiger partial charge is 0.481 e. The molecule has 1 N–H and O–H groups in total. The van der Waals surface area contributed by atoms with Gasteiger partial charge < -0.3 is 14.9 Å². The smallest absolute Gasteiger partial charge is 0.303 e. The number of hydrogen-bond acceptors (Lipinski definition) is 3. The molecular formula is C29H31ClN2O4. The lowest BCUT2D eigenvalue weighted by molar-refractivity contribution is -0.143. The number of hydrogen-bond donors (Lipinski definition) is 1. The van der Waals surface area contributed by atoms with Crippen LogP contribution in [0.4, 0.5) is 5.69 Å². The quantitative estimate of drug-likeness (QED) is 0.533. The molecule has 188 valence electrons. The van der Waals surface area contributed by atoms with Crippen molar-refractivity contribution < 1.29 is 19.5 Å². The number of nitrogens with zero attached hydrogens (tertiary/aromatic N) is 2. The number of aliphatic carboxylic acids is 1. The maximum Gasteiger partial charge on any atom is 0.303 e. The predicted octanol–water partition coefficient (Wildman–Crippen LogP) is 5.56. The number of anilines is 1. The molecule has 0 radical (unpaired) electrons. The summed E-state index contributed by atoms with van der Waals surface area (Å²) in [6.45, 7) is 0. The SMILES string of the molecule is O=C(O)CCC(=O)N(C1CC1)[C@H]1c2ccc(Cl)cc2N(C(=O)C2CC2c2ccccc2)[C@@H]2CCC[C@@H]21. The Hall–Kier alpha value is -2.86. The van der Waals surface area contributed by atoms with E-state index in [0.29, 0.717) is 5.02 Å². The number of carboxylic acid groups (broad SMARTS) is 1. The Morgan fingerprint density at radius 1 is 1.00 bits per heavy atom. The van der Waals surface area contributed by atoms with Crippen molar-refractivity contribution in [3.05, 3.63) is 64.7 Å². The monoisotopic (exact) mass is 506 g/mol. The molecule has 3 fully saturated rings. The van der Waals surface area contributed by atoms with Gasteiger partial charge in [-0.25, -0.2) is 0 Å². The zero-order valence-electron chi connectivity index (χ0n) is 20.2. The van der Waals surface area contributed by atoms with Crippen LogP contribution < -0.4 is 4.90 Å². The molecule has 6 nitrogen and oxygen atoms in total. The molecular weight excluding hydrogens is 476 g/mol. The van der Waals surface area contributed by atoms with Gasteiger partial charge in [0.2, 0.25) is 11.8 Å². The number of amides is 2. The average Bonchev–Trinajstić information content (AvgIpc) is 3.80. The molecule has 36 heavy (non-hydrogen) atoms. The van der Waals surface area contributed by atoms with E-state index in [1.165, 1.54) is 5.56 Å². The van der Waals surface area contributed by atoms with Crippen LogP contribution >= 0.6 is 11.6 Å². The van der Waals surface area contributed by atoms with E-state index in [2.05, 4.69) is 12.1 Å². The number of carbonyl (C=O) groups is 3. The predicted molar refractivity (Wildman–Crippen MR) is 137 cm³/mol. The number of halogens is 1. The Morgan fingerprint density at radius 3 is 2.50 bits per heavy atom. The third-order valence-electron chi connectivity index (χ3n) is 8.49. The van der Waals surface area contributed by atoms with Gasteiger partial charge in [0.1, 0.15) is 0 Å². The average molecular weight is 507 g/mol. The van der Waals surface area contributed by atoms with E-state index in [0.717, 1.165) is 49.8 Å². The molecule has 2 unspecified atom stereocenters. The van der Waals surface area contributed by atoms with Crippen molar-refractivity contribution in [2.24, 2.45) is 11.8 Å². The molecule has 3 saturated carbocycles. The van der Waals surface area contributed by atoms with E-state index in [1.807, 2.05) is 46.2 Å². The Bertz CT molecular complexity index is 1200. The highest BCUT2D eigenvalue weighted by Gasteiger charge is 2.54. The normalized spacial score (nSPS) is 28.2. The third kappa shape index (κ3) is 4.19. The molecule has 1 heterocycles. The van der Waals surface area contributed by atoms with Crippen molar-refractivity contribution >= 4 is 35.1 Å². The zero-order chi connectivity index (χ0) is 25.0. The van der Waals surface area contributed by atoms with Gasteiger partial charge in [-0.2, -0.15) is 0 Å². The summed E-state index contributed by atoms with van der Waals surface area (Å²) in [5.41, 5.74) is 3.02. The first-order valence-electron chi connectivity index (χ1n) is 13.1. The minimum atomic E-state index is -0.956. The van der Waals surface area contributed by atoms with Gasteiger partial charge in [0.25, 0.3) is 0 Å². The molecule has 0 saturated heterocycles. The molecule has 2 amide bonds. The first kappa shape index (κ1) is 23.5. The maximum atomic E-state index is 14.0. The van der Waals surface area contributed by atoms with Gasteiger partial charge in [0.05, 0.1) is 18.2 Å². The van der Waals surface area contributed by atoms with Crippen LogP contribution in [-0.4, -0.2) is 39.9 Å². The molecule has 0 bridgehead atoms. The van der Waals surface area contributed by atoms with Crippen LogP contribution in [0.25, 0.3) is 0 Å². The fourth-order valence-electron chi connectivity index (χ4n) is 6.68. The van der Waals surface area contributed by atoms with Gasteiger partial charge in [-0.3, -0.25) is 14.4 Å². The standard InChI is InChI=1S/C29H31ClN2O4/c30-18-9-12-21-25(15-18)32(29(36)23-16-22(23)17-5-2-1-3-6-17)24-8-4-7-20(24)28(21)31(19-10-11-19)26(33)13-14-27(34)35/h1-3,5-6,9,12,15,19-20,22-24,28H,4,7-8,10-11,13-14,16H2,(H,34,35)/t20-,22?,23?,24+,28+/m0/s1. The lowest BCUT2D eigenvalue weighted by Crippen LogP contribution is -2.53. The Balaban J connectivity index is 1.36. The first-order chi connectivity index (χ1) is 17.4. The lowest BCUT2D eigenvalue weighted by atomic mass is 9.81. The second-order valence-corrected chi connectivity index (χ2v) is 11.2. The first-order valence-corrected chi connectivity index (χ1v) is 13.5. The number of carbonyl (C=O) groups excluding carboxylic acids is 2. The second kappa shape index (κ2) is 9.22. The van der Waals surface area contributed by atoms with Crippen molar-refractivity contribution in [3.8, 4) is 0 Å². The van der Waals surface area contributed by atoms with E-state index >= 15 is 0 Å². The summed E-state index contributed by atoms with van der Waals surface area (Å²) >= 11 is 6.47. The lowest BCUT2D eigenvalue weighted by Gasteiger charge is -2.48. The number of rotatable bonds is 7. The summed E-state index contributed by atoms with van der Waals surface area (Å²) in [4.78, 5) is 42.6. The minimum Gasteiger partial charge on any atom is -0.481 e. The van der Waals surface area contributed by atoms with Crippen molar-refractivity contribution in [3.63, 3.8) is 0 Å². The van der Waals surface area contributed by atoms with Crippen LogP contribution in [0.2, 0.25) is 5.02 Å². The van der Waals surface area contributed by atoms with E-state index in [4.69, 9.17) is 11.6 Å². The number of benzene rings is 2. The van der Waals surface area contributed by atoms with Crippen LogP contribution in [0, 0.1) is 11.8 Å². The van der Waals surface area contributed by atoms with Crippen molar-refractivity contribution in [1.29, 1.82) is 0 Å². The van der Waals surface area contributed by atoms with Crippen LogP contribution in [0.1, 0.15) is 74.5 Å². The number of carboxylic acids is 1. The topological polar surface area (TPSA) is 77.9 Å². The molecule has 6 rings (SSSR count). The van der Waals surface area contributed by atoms with E-state index in [9.17, 15) is 19.5 Å². The van der Waals surface area contributed by atoms with E-state index in [-0.39, 0.29) is 60.5 Å². The van der Waals surface area contributed by atoms with Gasteiger partial charge in [-0.1, -0.05) is 54.4 Å². The Kier molecular flexibility index (Phi) is 6.03. The summed E-state index contributed by atoms with van der Waals surface area (Å²) in [5.74, 6) is -0.525. The van der Waals surface area contributed by atoms with Crippen LogP contribution in [0.3, 0.4) is 0 Å². The van der Waals surface area contributed by atoms with Crippen LogP contribution in [0.5, 0.6) is 0 Å². The number of fused-ring (bicyclic) bond motifs is 2. The van der Waals surface area contributed by atoms with Crippen LogP contribution in [0.15, 0.2) is 48.5 Å². The van der Waals surface area contributed by atoms with Crippen molar-refractivity contribution in [1.82, 2.24) is 4.90 Å². The Labute approximate surface area is 216 Å².